The van der Waals surface area contributed by atoms with E-state index >= 15 is 0 Å². The number of halogens is 1. The Morgan fingerprint density at radius 1 is 1.39 bits per heavy atom. The summed E-state index contributed by atoms with van der Waals surface area (Å²) in [7, 11) is 0. The lowest BCUT2D eigenvalue weighted by Crippen LogP contribution is -2.25. The molecule has 2 rings (SSSR count). The average molecular weight is 248 g/mol. The molecule has 0 radical (unpaired) electrons. The first-order valence-electron chi connectivity index (χ1n) is 6.12. The van der Waals surface area contributed by atoms with Gasteiger partial charge in [-0.1, -0.05) is 13.8 Å². The van der Waals surface area contributed by atoms with Crippen molar-refractivity contribution in [1.29, 1.82) is 0 Å². The normalized spacial score (nSPS) is 11.1. The lowest BCUT2D eigenvalue weighted by molar-refractivity contribution is 0.0948. The van der Waals surface area contributed by atoms with Crippen molar-refractivity contribution < 1.29 is 9.18 Å². The standard InChI is InChI=1S/C14H17FN2O/c1-9(2)5-6-16-14(18)13-8-10-7-11(15)3-4-12(10)17-13/h3-4,7-9,17H,5-6H2,1-2H3,(H,16,18). The molecule has 18 heavy (non-hydrogen) atoms. The monoisotopic (exact) mass is 248 g/mol. The Morgan fingerprint density at radius 3 is 2.89 bits per heavy atom. The Kier molecular flexibility index (Phi) is 3.65. The number of hydrogen-bond acceptors (Lipinski definition) is 1. The second kappa shape index (κ2) is 5.21. The van der Waals surface area contributed by atoms with Crippen molar-refractivity contribution in [3.8, 4) is 0 Å². The van der Waals surface area contributed by atoms with Crippen molar-refractivity contribution in [2.24, 2.45) is 5.92 Å². The molecule has 1 aromatic carbocycles. The van der Waals surface area contributed by atoms with E-state index in [1.54, 1.807) is 12.1 Å². The summed E-state index contributed by atoms with van der Waals surface area (Å²) in [5, 5.41) is 3.55. The molecule has 4 heteroatoms. The van der Waals surface area contributed by atoms with Gasteiger partial charge in [-0.25, -0.2) is 4.39 Å². The molecule has 2 N–H and O–H groups in total. The quantitative estimate of drug-likeness (QED) is 0.858. The van der Waals surface area contributed by atoms with E-state index < -0.39 is 0 Å². The van der Waals surface area contributed by atoms with Gasteiger partial charge in [-0.3, -0.25) is 4.79 Å². The fourth-order valence-electron chi connectivity index (χ4n) is 1.80. The van der Waals surface area contributed by atoms with Crippen LogP contribution in [0.5, 0.6) is 0 Å². The van der Waals surface area contributed by atoms with Gasteiger partial charge in [0.1, 0.15) is 11.5 Å². The Bertz CT molecular complexity index is 560. The molecule has 0 aliphatic heterocycles. The molecule has 0 saturated heterocycles. The summed E-state index contributed by atoms with van der Waals surface area (Å²) in [6, 6.07) is 6.09. The number of nitrogens with one attached hydrogen (secondary N) is 2. The Labute approximate surface area is 105 Å². The van der Waals surface area contributed by atoms with Gasteiger partial charge in [-0.15, -0.1) is 0 Å². The molecule has 0 spiro atoms. The first-order valence-corrected chi connectivity index (χ1v) is 6.12. The minimum Gasteiger partial charge on any atom is -0.351 e. The van der Waals surface area contributed by atoms with Gasteiger partial charge in [0.25, 0.3) is 5.91 Å². The van der Waals surface area contributed by atoms with E-state index in [-0.39, 0.29) is 11.7 Å². The molecule has 0 bridgehead atoms. The number of carbonyl (C=O) groups excluding carboxylic acids is 1. The van der Waals surface area contributed by atoms with Crippen LogP contribution in [0, 0.1) is 11.7 Å². The topological polar surface area (TPSA) is 44.9 Å². The summed E-state index contributed by atoms with van der Waals surface area (Å²) in [5.74, 6) is 0.114. The fourth-order valence-corrected chi connectivity index (χ4v) is 1.80. The van der Waals surface area contributed by atoms with Gasteiger partial charge in [-0.05, 0) is 36.6 Å². The van der Waals surface area contributed by atoms with Gasteiger partial charge in [0, 0.05) is 17.4 Å². The summed E-state index contributed by atoms with van der Waals surface area (Å²) in [6.07, 6.45) is 0.945. The third-order valence-electron chi connectivity index (χ3n) is 2.83. The van der Waals surface area contributed by atoms with Gasteiger partial charge in [-0.2, -0.15) is 0 Å². The largest absolute Gasteiger partial charge is 0.351 e. The van der Waals surface area contributed by atoms with E-state index in [0.717, 1.165) is 11.9 Å². The number of hydrogen-bond donors (Lipinski definition) is 2. The number of aromatic amines is 1. The third kappa shape index (κ3) is 2.88. The summed E-state index contributed by atoms with van der Waals surface area (Å²) < 4.78 is 13.0. The molecule has 1 aromatic heterocycles. The van der Waals surface area contributed by atoms with Crippen LogP contribution in [0.4, 0.5) is 4.39 Å². The fraction of sp³-hybridized carbons (Fsp3) is 0.357. The highest BCUT2D eigenvalue weighted by Crippen LogP contribution is 2.16. The highest BCUT2D eigenvalue weighted by Gasteiger charge is 2.09. The van der Waals surface area contributed by atoms with E-state index in [1.807, 2.05) is 0 Å². The minimum atomic E-state index is -0.298. The third-order valence-corrected chi connectivity index (χ3v) is 2.83. The summed E-state index contributed by atoms with van der Waals surface area (Å²) in [5.41, 5.74) is 1.24. The highest BCUT2D eigenvalue weighted by atomic mass is 19.1. The van der Waals surface area contributed by atoms with Crippen molar-refractivity contribution in [2.75, 3.05) is 6.54 Å². The summed E-state index contributed by atoms with van der Waals surface area (Å²) in [4.78, 5) is 14.8. The lowest BCUT2D eigenvalue weighted by Gasteiger charge is -2.05. The SMILES string of the molecule is CC(C)CCNC(=O)c1cc2cc(F)ccc2[nH]1. The van der Waals surface area contributed by atoms with Crippen molar-refractivity contribution in [3.05, 3.63) is 35.8 Å². The Morgan fingerprint density at radius 2 is 2.17 bits per heavy atom. The maximum absolute atomic E-state index is 13.0. The zero-order chi connectivity index (χ0) is 13.1. The van der Waals surface area contributed by atoms with Crippen molar-refractivity contribution in [2.45, 2.75) is 20.3 Å². The lowest BCUT2D eigenvalue weighted by atomic mass is 10.1. The maximum atomic E-state index is 13.0. The van der Waals surface area contributed by atoms with E-state index in [4.69, 9.17) is 0 Å². The molecule has 96 valence electrons. The predicted molar refractivity (Wildman–Crippen MR) is 70.0 cm³/mol. The van der Waals surface area contributed by atoms with Gasteiger partial charge >= 0.3 is 0 Å². The number of rotatable bonds is 4. The second-order valence-electron chi connectivity index (χ2n) is 4.85. The number of fused-ring (bicyclic) bond motifs is 1. The van der Waals surface area contributed by atoms with Crippen LogP contribution in [0.15, 0.2) is 24.3 Å². The van der Waals surface area contributed by atoms with Gasteiger partial charge in [0.2, 0.25) is 0 Å². The molecular weight excluding hydrogens is 231 g/mol. The first-order chi connectivity index (χ1) is 8.56. The van der Waals surface area contributed by atoms with Gasteiger partial charge in [0.05, 0.1) is 0 Å². The van der Waals surface area contributed by atoms with E-state index in [9.17, 15) is 9.18 Å². The number of amides is 1. The first kappa shape index (κ1) is 12.6. The number of carbonyl (C=O) groups is 1. The highest BCUT2D eigenvalue weighted by molar-refractivity contribution is 5.97. The molecule has 2 aromatic rings. The minimum absolute atomic E-state index is 0.146. The average Bonchev–Trinajstić information content (AvgIpc) is 2.71. The Balaban J connectivity index is 2.08. The van der Waals surface area contributed by atoms with Crippen LogP contribution >= 0.6 is 0 Å². The van der Waals surface area contributed by atoms with Crippen LogP contribution in [0.3, 0.4) is 0 Å². The van der Waals surface area contributed by atoms with Crippen LogP contribution in [0.25, 0.3) is 10.9 Å². The summed E-state index contributed by atoms with van der Waals surface area (Å²) >= 11 is 0. The van der Waals surface area contributed by atoms with Crippen LogP contribution < -0.4 is 5.32 Å². The predicted octanol–water partition coefficient (Wildman–Crippen LogP) is 3.08. The zero-order valence-corrected chi connectivity index (χ0v) is 10.6. The van der Waals surface area contributed by atoms with Crippen LogP contribution in [-0.2, 0) is 0 Å². The number of aromatic nitrogens is 1. The van der Waals surface area contributed by atoms with Gasteiger partial charge < -0.3 is 10.3 Å². The Hall–Kier alpha value is -1.84. The molecular formula is C14H17FN2O. The number of benzene rings is 1. The van der Waals surface area contributed by atoms with Crippen molar-refractivity contribution in [3.63, 3.8) is 0 Å². The molecule has 0 unspecified atom stereocenters. The summed E-state index contributed by atoms with van der Waals surface area (Å²) in [6.45, 7) is 4.87. The van der Waals surface area contributed by atoms with Crippen LogP contribution in [0.2, 0.25) is 0 Å². The molecule has 0 aliphatic carbocycles. The van der Waals surface area contributed by atoms with Crippen molar-refractivity contribution >= 4 is 16.8 Å². The molecule has 1 heterocycles. The van der Waals surface area contributed by atoms with Crippen LogP contribution in [-0.4, -0.2) is 17.4 Å². The smallest absolute Gasteiger partial charge is 0.267 e. The molecule has 3 nitrogen and oxygen atoms in total. The maximum Gasteiger partial charge on any atom is 0.267 e. The van der Waals surface area contributed by atoms with E-state index in [2.05, 4.69) is 24.1 Å². The molecule has 1 amide bonds. The zero-order valence-electron chi connectivity index (χ0n) is 10.6. The van der Waals surface area contributed by atoms with E-state index in [0.29, 0.717) is 23.5 Å². The second-order valence-corrected chi connectivity index (χ2v) is 4.85. The molecule has 0 atom stereocenters. The molecule has 0 fully saturated rings. The number of H-pyrrole nitrogens is 1. The van der Waals surface area contributed by atoms with Crippen molar-refractivity contribution in [1.82, 2.24) is 10.3 Å². The molecule has 0 aliphatic rings. The molecule has 0 saturated carbocycles. The van der Waals surface area contributed by atoms with Gasteiger partial charge in [0.15, 0.2) is 0 Å². The van der Waals surface area contributed by atoms with Crippen LogP contribution in [0.1, 0.15) is 30.8 Å². The van der Waals surface area contributed by atoms with E-state index in [1.165, 1.54) is 12.1 Å².